The fourth-order valence-corrected chi connectivity index (χ4v) is 3.63. The average Bonchev–Trinajstić information content (AvgIpc) is 2.79. The lowest BCUT2D eigenvalue weighted by Gasteiger charge is -2.56. The van der Waals surface area contributed by atoms with Gasteiger partial charge in [-0.3, -0.25) is 4.68 Å². The van der Waals surface area contributed by atoms with Gasteiger partial charge in [-0.05, 0) is 50.1 Å². The van der Waals surface area contributed by atoms with Crippen LogP contribution in [-0.2, 0) is 6.54 Å². The predicted molar refractivity (Wildman–Crippen MR) is 71.1 cm³/mol. The predicted octanol–water partition coefficient (Wildman–Crippen LogP) is 2.78. The van der Waals surface area contributed by atoms with Gasteiger partial charge in [0.1, 0.15) is 0 Å². The van der Waals surface area contributed by atoms with Crippen LogP contribution >= 0.6 is 0 Å². The second kappa shape index (κ2) is 4.81. The topological polar surface area (TPSA) is 29.9 Å². The van der Waals surface area contributed by atoms with Crippen molar-refractivity contribution in [3.63, 3.8) is 0 Å². The summed E-state index contributed by atoms with van der Waals surface area (Å²) >= 11 is 0. The minimum absolute atomic E-state index is 0.441. The number of hydrogen-bond donors (Lipinski definition) is 1. The molecule has 1 aliphatic carbocycles. The van der Waals surface area contributed by atoms with E-state index < -0.39 is 0 Å². The molecule has 0 amide bonds. The van der Waals surface area contributed by atoms with E-state index in [0.717, 1.165) is 6.54 Å². The summed E-state index contributed by atoms with van der Waals surface area (Å²) in [4.78, 5) is 0. The molecule has 17 heavy (non-hydrogen) atoms. The average molecular weight is 235 g/mol. The van der Waals surface area contributed by atoms with Crippen molar-refractivity contribution < 1.29 is 0 Å². The zero-order valence-electron chi connectivity index (χ0n) is 11.5. The van der Waals surface area contributed by atoms with Crippen molar-refractivity contribution in [1.82, 2.24) is 15.1 Å². The first-order valence-electron chi connectivity index (χ1n) is 6.91. The highest BCUT2D eigenvalue weighted by Crippen LogP contribution is 2.57. The van der Waals surface area contributed by atoms with E-state index in [4.69, 9.17) is 0 Å². The van der Waals surface area contributed by atoms with E-state index in [2.05, 4.69) is 50.6 Å². The van der Waals surface area contributed by atoms with Crippen molar-refractivity contribution in [2.45, 2.75) is 58.5 Å². The SMILES string of the molecule is CCn1cc(C2CC(NC)C2(CC)CC)cn1. The van der Waals surface area contributed by atoms with E-state index in [1.54, 1.807) is 0 Å². The summed E-state index contributed by atoms with van der Waals surface area (Å²) in [6.45, 7) is 7.75. The van der Waals surface area contributed by atoms with Crippen LogP contribution in [0.4, 0.5) is 0 Å². The molecule has 2 unspecified atom stereocenters. The van der Waals surface area contributed by atoms with Crippen molar-refractivity contribution in [2.75, 3.05) is 7.05 Å². The zero-order valence-corrected chi connectivity index (χ0v) is 11.5. The Bertz CT molecular complexity index is 365. The zero-order chi connectivity index (χ0) is 12.5. The van der Waals surface area contributed by atoms with Gasteiger partial charge < -0.3 is 5.32 Å². The van der Waals surface area contributed by atoms with Crippen LogP contribution in [0.2, 0.25) is 0 Å². The highest BCUT2D eigenvalue weighted by atomic mass is 15.3. The number of rotatable bonds is 5. The summed E-state index contributed by atoms with van der Waals surface area (Å²) < 4.78 is 2.04. The van der Waals surface area contributed by atoms with Crippen LogP contribution in [-0.4, -0.2) is 22.9 Å². The number of aromatic nitrogens is 2. The van der Waals surface area contributed by atoms with Gasteiger partial charge in [0.05, 0.1) is 6.20 Å². The summed E-state index contributed by atoms with van der Waals surface area (Å²) in [6, 6.07) is 0.674. The van der Waals surface area contributed by atoms with Crippen LogP contribution in [0.15, 0.2) is 12.4 Å². The van der Waals surface area contributed by atoms with Gasteiger partial charge in [0, 0.05) is 18.8 Å². The molecule has 1 heterocycles. The third-order valence-electron chi connectivity index (χ3n) is 4.90. The minimum atomic E-state index is 0.441. The lowest BCUT2D eigenvalue weighted by Crippen LogP contribution is -2.57. The van der Waals surface area contributed by atoms with Crippen LogP contribution in [0.25, 0.3) is 0 Å². The van der Waals surface area contributed by atoms with Crippen LogP contribution in [0.1, 0.15) is 51.5 Å². The van der Waals surface area contributed by atoms with E-state index in [1.165, 1.54) is 24.8 Å². The fraction of sp³-hybridized carbons (Fsp3) is 0.786. The molecule has 1 aromatic rings. The molecule has 0 aromatic carbocycles. The Morgan fingerprint density at radius 2 is 2.12 bits per heavy atom. The smallest absolute Gasteiger partial charge is 0.0524 e. The van der Waals surface area contributed by atoms with E-state index in [9.17, 15) is 0 Å². The van der Waals surface area contributed by atoms with Crippen LogP contribution in [0.3, 0.4) is 0 Å². The fourth-order valence-electron chi connectivity index (χ4n) is 3.63. The maximum Gasteiger partial charge on any atom is 0.0524 e. The first-order chi connectivity index (χ1) is 8.21. The molecule has 0 radical (unpaired) electrons. The maximum absolute atomic E-state index is 4.42. The Hall–Kier alpha value is -0.830. The molecule has 1 saturated carbocycles. The number of hydrogen-bond acceptors (Lipinski definition) is 2. The summed E-state index contributed by atoms with van der Waals surface area (Å²) in [5, 5.41) is 7.91. The molecule has 0 aliphatic heterocycles. The Morgan fingerprint density at radius 1 is 1.41 bits per heavy atom. The molecule has 0 bridgehead atoms. The van der Waals surface area contributed by atoms with Crippen molar-refractivity contribution in [1.29, 1.82) is 0 Å². The number of aryl methyl sites for hydroxylation is 1. The molecule has 1 fully saturated rings. The third-order valence-corrected chi connectivity index (χ3v) is 4.90. The lowest BCUT2D eigenvalue weighted by atomic mass is 9.52. The second-order valence-corrected chi connectivity index (χ2v) is 5.20. The summed E-state index contributed by atoms with van der Waals surface area (Å²) in [6.07, 6.45) is 8.05. The standard InChI is InChI=1S/C14H25N3/c1-5-14(6-2)12(8-13(14)15-4)11-9-16-17(7-3)10-11/h9-10,12-13,15H,5-8H2,1-4H3. The lowest BCUT2D eigenvalue weighted by molar-refractivity contribution is 0.0245. The molecule has 3 nitrogen and oxygen atoms in total. The van der Waals surface area contributed by atoms with E-state index >= 15 is 0 Å². The Balaban J connectivity index is 2.22. The second-order valence-electron chi connectivity index (χ2n) is 5.20. The molecule has 1 N–H and O–H groups in total. The van der Waals surface area contributed by atoms with Crippen LogP contribution < -0.4 is 5.32 Å². The minimum Gasteiger partial charge on any atom is -0.316 e. The third kappa shape index (κ3) is 1.81. The van der Waals surface area contributed by atoms with Gasteiger partial charge >= 0.3 is 0 Å². The summed E-state index contributed by atoms with van der Waals surface area (Å²) in [7, 11) is 2.09. The van der Waals surface area contributed by atoms with Crippen LogP contribution in [0, 0.1) is 5.41 Å². The summed E-state index contributed by atoms with van der Waals surface area (Å²) in [5.41, 5.74) is 1.87. The van der Waals surface area contributed by atoms with E-state index in [1.807, 2.05) is 4.68 Å². The molecular weight excluding hydrogens is 210 g/mol. The van der Waals surface area contributed by atoms with Crippen molar-refractivity contribution in [2.24, 2.45) is 5.41 Å². The molecule has 3 heteroatoms. The quantitative estimate of drug-likeness (QED) is 0.850. The van der Waals surface area contributed by atoms with Crippen LogP contribution in [0.5, 0.6) is 0 Å². The molecule has 0 saturated heterocycles. The normalized spacial score (nSPS) is 26.8. The number of nitrogens with zero attached hydrogens (tertiary/aromatic N) is 2. The van der Waals surface area contributed by atoms with Crippen molar-refractivity contribution in [3.05, 3.63) is 18.0 Å². The monoisotopic (exact) mass is 235 g/mol. The van der Waals surface area contributed by atoms with Gasteiger partial charge in [-0.2, -0.15) is 5.10 Å². The highest BCUT2D eigenvalue weighted by molar-refractivity contribution is 5.24. The van der Waals surface area contributed by atoms with Gasteiger partial charge in [-0.15, -0.1) is 0 Å². The van der Waals surface area contributed by atoms with Gasteiger partial charge in [0.25, 0.3) is 0 Å². The number of nitrogens with one attached hydrogen (secondary N) is 1. The maximum atomic E-state index is 4.42. The van der Waals surface area contributed by atoms with E-state index in [-0.39, 0.29) is 0 Å². The van der Waals surface area contributed by atoms with Crippen molar-refractivity contribution in [3.8, 4) is 0 Å². The molecule has 1 aromatic heterocycles. The Morgan fingerprint density at radius 3 is 2.59 bits per heavy atom. The van der Waals surface area contributed by atoms with E-state index in [0.29, 0.717) is 17.4 Å². The van der Waals surface area contributed by atoms with Gasteiger partial charge in [0.2, 0.25) is 0 Å². The molecule has 2 rings (SSSR count). The Kier molecular flexibility index (Phi) is 3.57. The molecule has 96 valence electrons. The highest BCUT2D eigenvalue weighted by Gasteiger charge is 2.52. The first kappa shape index (κ1) is 12.6. The molecule has 1 aliphatic rings. The Labute approximate surface area is 105 Å². The van der Waals surface area contributed by atoms with Gasteiger partial charge in [-0.25, -0.2) is 0 Å². The van der Waals surface area contributed by atoms with Gasteiger partial charge in [-0.1, -0.05) is 13.8 Å². The molecule has 0 spiro atoms. The largest absolute Gasteiger partial charge is 0.316 e. The summed E-state index contributed by atoms with van der Waals surface area (Å²) in [5.74, 6) is 0.690. The van der Waals surface area contributed by atoms with Gasteiger partial charge in [0.15, 0.2) is 0 Å². The van der Waals surface area contributed by atoms with Crippen molar-refractivity contribution >= 4 is 0 Å². The molecule has 2 atom stereocenters. The first-order valence-corrected chi connectivity index (χ1v) is 6.91. The molecular formula is C14H25N3.